The van der Waals surface area contributed by atoms with Crippen LogP contribution in [0.1, 0.15) is 23.7 Å². The quantitative estimate of drug-likeness (QED) is 0.686. The molecule has 2 aliphatic rings. The van der Waals surface area contributed by atoms with Crippen LogP contribution < -0.4 is 5.56 Å². The van der Waals surface area contributed by atoms with Crippen LogP contribution in [0.3, 0.4) is 0 Å². The van der Waals surface area contributed by atoms with Gasteiger partial charge < -0.3 is 14.0 Å². The number of halogens is 1. The Bertz CT molecular complexity index is 1120. The molecule has 1 aromatic carbocycles. The highest BCUT2D eigenvalue weighted by molar-refractivity contribution is 5.79. The van der Waals surface area contributed by atoms with Crippen LogP contribution in [0.25, 0.3) is 11.3 Å². The highest BCUT2D eigenvalue weighted by Crippen LogP contribution is 2.35. The summed E-state index contributed by atoms with van der Waals surface area (Å²) in [5.41, 5.74) is 2.33. The van der Waals surface area contributed by atoms with Gasteiger partial charge in [-0.1, -0.05) is 11.2 Å². The molecule has 6 nitrogen and oxygen atoms in total. The van der Waals surface area contributed by atoms with Crippen molar-refractivity contribution in [1.82, 2.24) is 14.6 Å². The highest BCUT2D eigenvalue weighted by Gasteiger charge is 2.36. The summed E-state index contributed by atoms with van der Waals surface area (Å²) in [7, 11) is 0. The zero-order valence-corrected chi connectivity index (χ0v) is 15.8. The lowest BCUT2D eigenvalue weighted by molar-refractivity contribution is -0.133. The summed E-state index contributed by atoms with van der Waals surface area (Å²) in [6, 6.07) is 13.1. The van der Waals surface area contributed by atoms with E-state index in [4.69, 9.17) is 4.52 Å². The molecule has 2 bridgehead atoms. The zero-order chi connectivity index (χ0) is 20.0. The minimum absolute atomic E-state index is 0.00499. The Morgan fingerprint density at radius 1 is 1.14 bits per heavy atom. The summed E-state index contributed by atoms with van der Waals surface area (Å²) in [6.45, 7) is 1.92. The molecule has 0 aliphatic carbocycles. The van der Waals surface area contributed by atoms with Gasteiger partial charge in [-0.05, 0) is 42.7 Å². The zero-order valence-electron chi connectivity index (χ0n) is 15.8. The molecular formula is C22H20FN3O3. The van der Waals surface area contributed by atoms with Crippen LogP contribution in [0.4, 0.5) is 4.39 Å². The fourth-order valence-electron chi connectivity index (χ4n) is 4.51. The summed E-state index contributed by atoms with van der Waals surface area (Å²) in [5, 5.41) is 4.01. The second-order valence-electron chi connectivity index (χ2n) is 7.86. The predicted octanol–water partition coefficient (Wildman–Crippen LogP) is 2.83. The standard InChI is InChI=1S/C22H20FN3O3/c23-17-6-4-15(5-7-17)20-9-18(24-29-20)10-22(28)25-11-14-8-16(13-25)19-2-1-3-21(27)26(19)12-14/h1-7,9,14,16H,8,10-13H2. The van der Waals surface area contributed by atoms with Crippen LogP contribution in [0, 0.1) is 11.7 Å². The molecule has 0 saturated carbocycles. The Hall–Kier alpha value is -3.22. The van der Waals surface area contributed by atoms with Gasteiger partial charge in [0.15, 0.2) is 5.76 Å². The van der Waals surface area contributed by atoms with Crippen LogP contribution >= 0.6 is 0 Å². The first-order valence-electron chi connectivity index (χ1n) is 9.76. The predicted molar refractivity (Wildman–Crippen MR) is 104 cm³/mol. The fraction of sp³-hybridized carbons (Fsp3) is 0.318. The monoisotopic (exact) mass is 393 g/mol. The summed E-state index contributed by atoms with van der Waals surface area (Å²) >= 11 is 0. The molecular weight excluding hydrogens is 373 g/mol. The molecule has 2 unspecified atom stereocenters. The summed E-state index contributed by atoms with van der Waals surface area (Å²) in [4.78, 5) is 26.9. The molecule has 1 saturated heterocycles. The van der Waals surface area contributed by atoms with E-state index < -0.39 is 0 Å². The third kappa shape index (κ3) is 3.37. The smallest absolute Gasteiger partial charge is 0.250 e. The van der Waals surface area contributed by atoms with E-state index in [2.05, 4.69) is 5.16 Å². The number of aromatic nitrogens is 2. The summed E-state index contributed by atoms with van der Waals surface area (Å²) < 4.78 is 20.3. The SMILES string of the molecule is O=C(Cc1cc(-c2ccc(F)cc2)on1)N1CC2CC(C1)c1cccc(=O)n1C2. The third-order valence-electron chi connectivity index (χ3n) is 5.85. The average molecular weight is 393 g/mol. The molecule has 5 rings (SSSR count). The maximum absolute atomic E-state index is 13.1. The number of hydrogen-bond acceptors (Lipinski definition) is 4. The second kappa shape index (κ2) is 6.99. The van der Waals surface area contributed by atoms with Crippen LogP contribution in [0.15, 0.2) is 57.8 Å². The topological polar surface area (TPSA) is 68.3 Å². The first-order chi connectivity index (χ1) is 14.1. The van der Waals surface area contributed by atoms with Gasteiger partial charge in [0.1, 0.15) is 5.82 Å². The van der Waals surface area contributed by atoms with Gasteiger partial charge in [0.25, 0.3) is 5.56 Å². The molecule has 1 fully saturated rings. The molecule has 0 N–H and O–H groups in total. The van der Waals surface area contributed by atoms with Crippen molar-refractivity contribution in [2.24, 2.45) is 5.92 Å². The average Bonchev–Trinajstić information content (AvgIpc) is 3.18. The number of pyridine rings is 1. The van der Waals surface area contributed by atoms with Gasteiger partial charge in [-0.25, -0.2) is 4.39 Å². The van der Waals surface area contributed by atoms with Gasteiger partial charge in [-0.3, -0.25) is 9.59 Å². The van der Waals surface area contributed by atoms with Crippen molar-refractivity contribution >= 4 is 5.91 Å². The number of fused-ring (bicyclic) bond motifs is 4. The highest BCUT2D eigenvalue weighted by atomic mass is 19.1. The van der Waals surface area contributed by atoms with Crippen molar-refractivity contribution in [2.75, 3.05) is 13.1 Å². The van der Waals surface area contributed by atoms with Crippen LogP contribution in [0.5, 0.6) is 0 Å². The number of amides is 1. The molecule has 0 spiro atoms. The maximum Gasteiger partial charge on any atom is 0.250 e. The lowest BCUT2D eigenvalue weighted by atomic mass is 9.83. The Labute approximate surface area is 166 Å². The minimum atomic E-state index is -0.317. The van der Waals surface area contributed by atoms with Crippen molar-refractivity contribution in [1.29, 1.82) is 0 Å². The molecule has 2 atom stereocenters. The summed E-state index contributed by atoms with van der Waals surface area (Å²) in [5.74, 6) is 0.676. The Morgan fingerprint density at radius 2 is 1.97 bits per heavy atom. The molecule has 2 aliphatic heterocycles. The lowest BCUT2D eigenvalue weighted by Gasteiger charge is -2.42. The Morgan fingerprint density at radius 3 is 2.79 bits per heavy atom. The number of rotatable bonds is 3. The van der Waals surface area contributed by atoms with Gasteiger partial charge in [-0.2, -0.15) is 0 Å². The lowest BCUT2D eigenvalue weighted by Crippen LogP contribution is -2.49. The molecule has 1 amide bonds. The van der Waals surface area contributed by atoms with E-state index in [9.17, 15) is 14.0 Å². The molecule has 29 heavy (non-hydrogen) atoms. The van der Waals surface area contributed by atoms with Crippen molar-refractivity contribution in [3.05, 3.63) is 76.1 Å². The van der Waals surface area contributed by atoms with Gasteiger partial charge in [0.2, 0.25) is 5.91 Å². The first-order valence-corrected chi connectivity index (χ1v) is 9.76. The van der Waals surface area contributed by atoms with E-state index in [-0.39, 0.29) is 35.5 Å². The van der Waals surface area contributed by atoms with Crippen molar-refractivity contribution in [3.8, 4) is 11.3 Å². The van der Waals surface area contributed by atoms with Gasteiger partial charge >= 0.3 is 0 Å². The van der Waals surface area contributed by atoms with Crippen LogP contribution in [-0.2, 0) is 17.8 Å². The van der Waals surface area contributed by atoms with E-state index in [1.165, 1.54) is 12.1 Å². The van der Waals surface area contributed by atoms with E-state index in [0.29, 0.717) is 36.7 Å². The molecule has 148 valence electrons. The number of carbonyl (C=O) groups is 1. The van der Waals surface area contributed by atoms with Crippen molar-refractivity contribution in [3.63, 3.8) is 0 Å². The van der Waals surface area contributed by atoms with Gasteiger partial charge in [0.05, 0.1) is 12.1 Å². The van der Waals surface area contributed by atoms with Crippen molar-refractivity contribution in [2.45, 2.75) is 25.3 Å². The minimum Gasteiger partial charge on any atom is -0.356 e. The number of nitrogens with zero attached hydrogens (tertiary/aromatic N) is 3. The molecule has 3 aromatic rings. The number of carbonyl (C=O) groups excluding carboxylic acids is 1. The molecule has 0 radical (unpaired) electrons. The van der Waals surface area contributed by atoms with Gasteiger partial charge in [-0.15, -0.1) is 0 Å². The van der Waals surface area contributed by atoms with E-state index in [1.807, 2.05) is 15.5 Å². The first kappa shape index (κ1) is 17.8. The Kier molecular flexibility index (Phi) is 4.30. The van der Waals surface area contributed by atoms with Gasteiger partial charge in [0, 0.05) is 48.9 Å². The second-order valence-corrected chi connectivity index (χ2v) is 7.86. The molecule has 2 aromatic heterocycles. The third-order valence-corrected chi connectivity index (χ3v) is 5.85. The van der Waals surface area contributed by atoms with Crippen LogP contribution in [0.2, 0.25) is 0 Å². The number of likely N-dealkylation sites (tertiary alicyclic amines) is 1. The summed E-state index contributed by atoms with van der Waals surface area (Å²) in [6.07, 6.45) is 1.16. The fourth-order valence-corrected chi connectivity index (χ4v) is 4.51. The van der Waals surface area contributed by atoms with Crippen molar-refractivity contribution < 1.29 is 13.7 Å². The normalized spacial score (nSPS) is 20.4. The number of hydrogen-bond donors (Lipinski definition) is 0. The Balaban J connectivity index is 1.30. The van der Waals surface area contributed by atoms with E-state index >= 15 is 0 Å². The number of piperidine rings is 1. The van der Waals surface area contributed by atoms with E-state index in [0.717, 1.165) is 12.1 Å². The molecule has 4 heterocycles. The van der Waals surface area contributed by atoms with Crippen LogP contribution in [-0.4, -0.2) is 33.6 Å². The molecule has 7 heteroatoms. The number of benzene rings is 1. The largest absolute Gasteiger partial charge is 0.356 e. The maximum atomic E-state index is 13.1. The van der Waals surface area contributed by atoms with E-state index in [1.54, 1.807) is 30.3 Å².